The minimum absolute atomic E-state index is 0.0772. The van der Waals surface area contributed by atoms with Crippen LogP contribution in [0.3, 0.4) is 0 Å². The molecule has 0 amide bonds. The molecule has 0 aliphatic carbocycles. The molecule has 0 aliphatic heterocycles. The average molecular weight is 295 g/mol. The molecule has 0 fully saturated rings. The molecular weight excluding hydrogens is 278 g/mol. The number of unbranched alkanes of at least 4 members (excludes halogenated alkanes) is 2. The van der Waals surface area contributed by atoms with Gasteiger partial charge in [0.2, 0.25) is 0 Å². The Morgan fingerprint density at radius 3 is 2.90 bits per heavy atom. The molecule has 0 unspecified atom stereocenters. The van der Waals surface area contributed by atoms with Crippen LogP contribution in [0, 0.1) is 10.1 Å². The van der Waals surface area contributed by atoms with E-state index in [2.05, 4.69) is 4.98 Å². The molecule has 2 aromatic rings. The maximum Gasteiger partial charge on any atom is 0.319 e. The molecule has 1 aromatic heterocycles. The van der Waals surface area contributed by atoms with Gasteiger partial charge in [-0.05, 0) is 31.4 Å². The lowest BCUT2D eigenvalue weighted by molar-refractivity contribution is -0.382. The Labute approximate surface area is 120 Å². The Morgan fingerprint density at radius 2 is 2.20 bits per heavy atom. The Kier molecular flexibility index (Phi) is 4.86. The normalized spacial score (nSPS) is 10.9. The summed E-state index contributed by atoms with van der Waals surface area (Å²) in [7, 11) is 1.85. The van der Waals surface area contributed by atoms with Crippen molar-refractivity contribution in [3.8, 4) is 0 Å². The third-order valence-electron chi connectivity index (χ3n) is 3.20. The lowest BCUT2D eigenvalue weighted by Gasteiger charge is -2.19. The van der Waals surface area contributed by atoms with Crippen LogP contribution < -0.4 is 4.90 Å². The van der Waals surface area contributed by atoms with Crippen LogP contribution in [0.5, 0.6) is 0 Å². The summed E-state index contributed by atoms with van der Waals surface area (Å²) in [5.41, 5.74) is 2.76. The van der Waals surface area contributed by atoms with E-state index in [1.165, 1.54) is 11.3 Å². The van der Waals surface area contributed by atoms with Crippen LogP contribution in [0.2, 0.25) is 0 Å². The zero-order valence-electron chi connectivity index (χ0n) is 11.3. The van der Waals surface area contributed by atoms with Crippen molar-refractivity contribution in [1.82, 2.24) is 4.98 Å². The lowest BCUT2D eigenvalue weighted by Crippen LogP contribution is -2.19. The molecule has 1 heterocycles. The van der Waals surface area contributed by atoms with E-state index in [4.69, 9.17) is 5.11 Å². The first-order chi connectivity index (χ1) is 9.65. The van der Waals surface area contributed by atoms with Crippen LogP contribution in [0.15, 0.2) is 17.6 Å². The number of nitro benzene ring substituents is 1. The van der Waals surface area contributed by atoms with E-state index in [1.54, 1.807) is 11.6 Å². The fourth-order valence-electron chi connectivity index (χ4n) is 2.15. The SMILES string of the molecule is CN(CCCCCO)c1ccc2scnc2c1[N+](=O)[O-]. The largest absolute Gasteiger partial charge is 0.396 e. The van der Waals surface area contributed by atoms with Gasteiger partial charge in [0, 0.05) is 20.2 Å². The number of fused-ring (bicyclic) bond motifs is 1. The molecule has 0 saturated heterocycles. The van der Waals surface area contributed by atoms with Crippen molar-refractivity contribution >= 4 is 32.9 Å². The number of benzene rings is 1. The number of aromatic nitrogens is 1. The van der Waals surface area contributed by atoms with Crippen molar-refractivity contribution in [3.63, 3.8) is 0 Å². The zero-order valence-corrected chi connectivity index (χ0v) is 12.1. The van der Waals surface area contributed by atoms with Gasteiger partial charge in [-0.2, -0.15) is 0 Å². The second-order valence-electron chi connectivity index (χ2n) is 4.60. The molecule has 1 N–H and O–H groups in total. The minimum Gasteiger partial charge on any atom is -0.396 e. The molecule has 0 bridgehead atoms. The predicted octanol–water partition coefficient (Wildman–Crippen LogP) is 2.80. The second kappa shape index (κ2) is 6.62. The first kappa shape index (κ1) is 14.7. The molecule has 20 heavy (non-hydrogen) atoms. The van der Waals surface area contributed by atoms with Crippen LogP contribution in [0.1, 0.15) is 19.3 Å². The second-order valence-corrected chi connectivity index (χ2v) is 5.48. The predicted molar refractivity (Wildman–Crippen MR) is 80.5 cm³/mol. The summed E-state index contributed by atoms with van der Waals surface area (Å²) in [4.78, 5) is 17.0. The Balaban J connectivity index is 2.24. The monoisotopic (exact) mass is 295 g/mol. The fraction of sp³-hybridized carbons (Fsp3) is 0.462. The van der Waals surface area contributed by atoms with Gasteiger partial charge >= 0.3 is 5.69 Å². The fourth-order valence-corrected chi connectivity index (χ4v) is 2.83. The third kappa shape index (κ3) is 3.05. The van der Waals surface area contributed by atoms with Crippen molar-refractivity contribution in [3.05, 3.63) is 27.8 Å². The van der Waals surface area contributed by atoms with Gasteiger partial charge in [-0.3, -0.25) is 10.1 Å². The number of thiazole rings is 1. The highest BCUT2D eigenvalue weighted by Gasteiger charge is 2.22. The average Bonchev–Trinajstić information content (AvgIpc) is 2.90. The molecule has 0 spiro atoms. The van der Waals surface area contributed by atoms with Gasteiger partial charge in [-0.15, -0.1) is 11.3 Å². The third-order valence-corrected chi connectivity index (χ3v) is 3.99. The molecule has 7 heteroatoms. The first-order valence-electron chi connectivity index (χ1n) is 6.47. The number of rotatable bonds is 7. The van der Waals surface area contributed by atoms with Gasteiger partial charge in [0.15, 0.2) is 5.52 Å². The maximum absolute atomic E-state index is 11.3. The number of anilines is 1. The highest BCUT2D eigenvalue weighted by molar-refractivity contribution is 7.16. The van der Waals surface area contributed by atoms with Crippen molar-refractivity contribution in [2.24, 2.45) is 0 Å². The van der Waals surface area contributed by atoms with Crippen molar-refractivity contribution < 1.29 is 10.0 Å². The number of aliphatic hydroxyl groups excluding tert-OH is 1. The summed E-state index contributed by atoms with van der Waals surface area (Å²) < 4.78 is 0.828. The number of nitro groups is 1. The smallest absolute Gasteiger partial charge is 0.319 e. The minimum atomic E-state index is -0.360. The summed E-state index contributed by atoms with van der Waals surface area (Å²) in [6.45, 7) is 0.908. The summed E-state index contributed by atoms with van der Waals surface area (Å²) in [6, 6.07) is 3.66. The summed E-state index contributed by atoms with van der Waals surface area (Å²) in [5, 5.41) is 20.1. The number of hydrogen-bond acceptors (Lipinski definition) is 6. The molecule has 6 nitrogen and oxygen atoms in total. The van der Waals surface area contributed by atoms with E-state index in [0.29, 0.717) is 11.2 Å². The molecule has 2 rings (SSSR count). The molecule has 0 aliphatic rings. The van der Waals surface area contributed by atoms with Crippen LogP contribution >= 0.6 is 11.3 Å². The van der Waals surface area contributed by atoms with Gasteiger partial charge < -0.3 is 10.0 Å². The molecule has 1 aromatic carbocycles. The summed E-state index contributed by atoms with van der Waals surface area (Å²) in [5.74, 6) is 0. The van der Waals surface area contributed by atoms with E-state index in [9.17, 15) is 10.1 Å². The molecule has 0 atom stereocenters. The Bertz CT molecular complexity index is 600. The standard InChI is InChI=1S/C13H17N3O3S/c1-15(7-3-2-4-8-17)10-5-6-11-12(14-9-20-11)13(10)16(18)19/h5-6,9,17H,2-4,7-8H2,1H3. The Hall–Kier alpha value is -1.73. The van der Waals surface area contributed by atoms with Gasteiger partial charge in [0.05, 0.1) is 15.1 Å². The molecule has 0 saturated carbocycles. The van der Waals surface area contributed by atoms with E-state index in [0.717, 1.165) is 30.5 Å². The van der Waals surface area contributed by atoms with Crippen molar-refractivity contribution in [1.29, 1.82) is 0 Å². The summed E-state index contributed by atoms with van der Waals surface area (Å²) in [6.07, 6.45) is 2.57. The van der Waals surface area contributed by atoms with Crippen LogP contribution in [0.4, 0.5) is 11.4 Å². The van der Waals surface area contributed by atoms with Crippen molar-refractivity contribution in [2.45, 2.75) is 19.3 Å². The number of aliphatic hydroxyl groups is 1. The quantitative estimate of drug-likeness (QED) is 0.482. The molecular formula is C13H17N3O3S. The number of nitrogens with zero attached hydrogens (tertiary/aromatic N) is 3. The van der Waals surface area contributed by atoms with Crippen molar-refractivity contribution in [2.75, 3.05) is 25.1 Å². The lowest BCUT2D eigenvalue weighted by atomic mass is 10.2. The van der Waals surface area contributed by atoms with Crippen LogP contribution in [-0.4, -0.2) is 35.2 Å². The van der Waals surface area contributed by atoms with Gasteiger partial charge in [0.1, 0.15) is 5.69 Å². The molecule has 0 radical (unpaired) electrons. The highest BCUT2D eigenvalue weighted by Crippen LogP contribution is 2.36. The Morgan fingerprint density at radius 1 is 1.40 bits per heavy atom. The van der Waals surface area contributed by atoms with Crippen LogP contribution in [0.25, 0.3) is 10.2 Å². The number of hydrogen-bond donors (Lipinski definition) is 1. The van der Waals surface area contributed by atoms with Gasteiger partial charge in [-0.25, -0.2) is 4.98 Å². The first-order valence-corrected chi connectivity index (χ1v) is 7.35. The summed E-state index contributed by atoms with van der Waals surface area (Å²) >= 11 is 1.40. The van der Waals surface area contributed by atoms with Gasteiger partial charge in [0.25, 0.3) is 0 Å². The van der Waals surface area contributed by atoms with E-state index in [1.807, 2.05) is 18.0 Å². The van der Waals surface area contributed by atoms with E-state index in [-0.39, 0.29) is 17.2 Å². The van der Waals surface area contributed by atoms with E-state index < -0.39 is 0 Å². The van der Waals surface area contributed by atoms with E-state index >= 15 is 0 Å². The zero-order chi connectivity index (χ0) is 14.5. The highest BCUT2D eigenvalue weighted by atomic mass is 32.1. The topological polar surface area (TPSA) is 79.5 Å². The maximum atomic E-state index is 11.3. The van der Waals surface area contributed by atoms with Gasteiger partial charge in [-0.1, -0.05) is 0 Å². The van der Waals surface area contributed by atoms with Crippen LogP contribution in [-0.2, 0) is 0 Å². The molecule has 108 valence electrons.